The minimum atomic E-state index is 0. The van der Waals surface area contributed by atoms with Gasteiger partial charge in [0.1, 0.15) is 5.75 Å². The van der Waals surface area contributed by atoms with Crippen molar-refractivity contribution >= 4 is 12.4 Å². The lowest BCUT2D eigenvalue weighted by Crippen LogP contribution is -2.08. The van der Waals surface area contributed by atoms with Gasteiger partial charge in [-0.2, -0.15) is 5.10 Å². The van der Waals surface area contributed by atoms with E-state index in [1.807, 2.05) is 29.9 Å². The van der Waals surface area contributed by atoms with E-state index in [1.165, 1.54) is 5.56 Å². The van der Waals surface area contributed by atoms with Gasteiger partial charge in [-0.25, -0.2) is 4.68 Å². The molecule has 0 saturated carbocycles. The normalized spacial score (nSPS) is 10.6. The maximum Gasteiger partial charge on any atom is 0.218 e. The van der Waals surface area contributed by atoms with E-state index in [0.29, 0.717) is 5.92 Å². The van der Waals surface area contributed by atoms with E-state index < -0.39 is 0 Å². The molecule has 1 heterocycles. The Morgan fingerprint density at radius 1 is 1.23 bits per heavy atom. The lowest BCUT2D eigenvalue weighted by atomic mass is 10.1. The highest BCUT2D eigenvalue weighted by Crippen LogP contribution is 2.23. The van der Waals surface area contributed by atoms with Crippen LogP contribution in [0.4, 0.5) is 0 Å². The van der Waals surface area contributed by atoms with E-state index in [4.69, 9.17) is 4.74 Å². The fraction of sp³-hybridized carbons (Fsp3) is 0.471. The Kier molecular flexibility index (Phi) is 7.42. The second-order valence-corrected chi connectivity index (χ2v) is 5.83. The molecule has 0 radical (unpaired) electrons. The van der Waals surface area contributed by atoms with Crippen LogP contribution in [0.25, 0.3) is 0 Å². The van der Waals surface area contributed by atoms with E-state index in [0.717, 1.165) is 36.8 Å². The minimum absolute atomic E-state index is 0. The van der Waals surface area contributed by atoms with Crippen molar-refractivity contribution in [1.82, 2.24) is 15.1 Å². The third-order valence-electron chi connectivity index (χ3n) is 3.31. The van der Waals surface area contributed by atoms with Crippen LogP contribution in [0.15, 0.2) is 30.3 Å². The topological polar surface area (TPSA) is 39.1 Å². The van der Waals surface area contributed by atoms with Crippen molar-refractivity contribution in [2.45, 2.75) is 40.3 Å². The predicted molar refractivity (Wildman–Crippen MR) is 92.9 cm³/mol. The van der Waals surface area contributed by atoms with Crippen molar-refractivity contribution in [3.8, 4) is 11.6 Å². The summed E-state index contributed by atoms with van der Waals surface area (Å²) in [6, 6.07) is 10.1. The summed E-state index contributed by atoms with van der Waals surface area (Å²) in [6.07, 6.45) is 1.09. The van der Waals surface area contributed by atoms with Gasteiger partial charge in [0, 0.05) is 19.2 Å². The van der Waals surface area contributed by atoms with Crippen LogP contribution >= 0.6 is 12.4 Å². The average Bonchev–Trinajstić information content (AvgIpc) is 2.81. The molecule has 0 aliphatic rings. The zero-order valence-corrected chi connectivity index (χ0v) is 14.6. The van der Waals surface area contributed by atoms with Gasteiger partial charge in [-0.05, 0) is 38.4 Å². The number of nitrogens with zero attached hydrogens (tertiary/aromatic N) is 2. The van der Waals surface area contributed by atoms with Crippen molar-refractivity contribution < 1.29 is 4.74 Å². The number of rotatable bonds is 7. The first-order valence-corrected chi connectivity index (χ1v) is 7.54. The Labute approximate surface area is 139 Å². The first-order chi connectivity index (χ1) is 10.1. The van der Waals surface area contributed by atoms with Gasteiger partial charge in [0.2, 0.25) is 5.88 Å². The van der Waals surface area contributed by atoms with Gasteiger partial charge in [0.05, 0.1) is 5.69 Å². The van der Waals surface area contributed by atoms with Crippen molar-refractivity contribution in [3.63, 3.8) is 0 Å². The molecule has 0 amide bonds. The van der Waals surface area contributed by atoms with Crippen LogP contribution in [0.2, 0.25) is 0 Å². The van der Waals surface area contributed by atoms with Crippen LogP contribution in [0.5, 0.6) is 11.6 Å². The Hall–Kier alpha value is -1.52. The van der Waals surface area contributed by atoms with E-state index in [-0.39, 0.29) is 12.4 Å². The van der Waals surface area contributed by atoms with Gasteiger partial charge in [-0.1, -0.05) is 31.5 Å². The van der Waals surface area contributed by atoms with Crippen LogP contribution in [0.1, 0.15) is 31.5 Å². The zero-order valence-electron chi connectivity index (χ0n) is 13.8. The van der Waals surface area contributed by atoms with Gasteiger partial charge in [-0.15, -0.1) is 12.4 Å². The standard InChI is InChI=1S/C17H25N3O.ClH/c1-13(2)9-10-20-17(11-15(19-20)12-18-4)21-16-7-5-14(3)6-8-16;/h5-8,11,13,18H,9-10,12H2,1-4H3;1H. The van der Waals surface area contributed by atoms with Crippen LogP contribution in [0, 0.1) is 12.8 Å². The van der Waals surface area contributed by atoms with E-state index in [2.05, 4.69) is 43.3 Å². The summed E-state index contributed by atoms with van der Waals surface area (Å²) in [5.74, 6) is 2.31. The fourth-order valence-electron chi connectivity index (χ4n) is 2.07. The molecule has 0 saturated heterocycles. The fourth-order valence-corrected chi connectivity index (χ4v) is 2.07. The highest BCUT2D eigenvalue weighted by atomic mass is 35.5. The molecule has 122 valence electrons. The van der Waals surface area contributed by atoms with Crippen molar-refractivity contribution in [1.29, 1.82) is 0 Å². The van der Waals surface area contributed by atoms with E-state index >= 15 is 0 Å². The number of nitrogens with one attached hydrogen (secondary N) is 1. The number of aryl methyl sites for hydroxylation is 2. The third kappa shape index (κ3) is 5.35. The molecule has 0 atom stereocenters. The number of hydrogen-bond acceptors (Lipinski definition) is 3. The lowest BCUT2D eigenvalue weighted by Gasteiger charge is -2.10. The summed E-state index contributed by atoms with van der Waals surface area (Å²) in [7, 11) is 1.92. The molecule has 0 spiro atoms. The van der Waals surface area contributed by atoms with E-state index in [9.17, 15) is 0 Å². The lowest BCUT2D eigenvalue weighted by molar-refractivity contribution is 0.390. The Balaban J connectivity index is 0.00000242. The Morgan fingerprint density at radius 3 is 2.50 bits per heavy atom. The third-order valence-corrected chi connectivity index (χ3v) is 3.31. The van der Waals surface area contributed by atoms with Gasteiger partial charge < -0.3 is 10.1 Å². The van der Waals surface area contributed by atoms with Gasteiger partial charge in [0.25, 0.3) is 0 Å². The molecule has 2 aromatic rings. The Bertz CT molecular complexity index is 564. The smallest absolute Gasteiger partial charge is 0.218 e. The summed E-state index contributed by atoms with van der Waals surface area (Å²) in [4.78, 5) is 0. The number of aromatic nitrogens is 2. The highest BCUT2D eigenvalue weighted by Gasteiger charge is 2.10. The molecule has 22 heavy (non-hydrogen) atoms. The van der Waals surface area contributed by atoms with Crippen molar-refractivity contribution in [2.75, 3.05) is 7.05 Å². The van der Waals surface area contributed by atoms with Gasteiger partial charge in [-0.3, -0.25) is 0 Å². The molecule has 5 heteroatoms. The van der Waals surface area contributed by atoms with Crippen molar-refractivity contribution in [2.24, 2.45) is 5.92 Å². The number of halogens is 1. The monoisotopic (exact) mass is 323 g/mol. The quantitative estimate of drug-likeness (QED) is 0.831. The highest BCUT2D eigenvalue weighted by molar-refractivity contribution is 5.85. The summed E-state index contributed by atoms with van der Waals surface area (Å²) in [5, 5.41) is 7.74. The largest absolute Gasteiger partial charge is 0.439 e. The molecule has 0 bridgehead atoms. The SMILES string of the molecule is CNCc1cc(Oc2ccc(C)cc2)n(CCC(C)C)n1.Cl. The molecule has 0 unspecified atom stereocenters. The molecule has 1 aromatic carbocycles. The number of benzene rings is 1. The van der Waals surface area contributed by atoms with E-state index in [1.54, 1.807) is 0 Å². The first kappa shape index (κ1) is 18.5. The molecular formula is C17H26ClN3O. The molecule has 0 aliphatic heterocycles. The van der Waals surface area contributed by atoms with Crippen LogP contribution < -0.4 is 10.1 Å². The van der Waals surface area contributed by atoms with Gasteiger partial charge >= 0.3 is 0 Å². The zero-order chi connectivity index (χ0) is 15.2. The maximum absolute atomic E-state index is 6.00. The van der Waals surface area contributed by atoms with Crippen LogP contribution in [-0.4, -0.2) is 16.8 Å². The number of hydrogen-bond donors (Lipinski definition) is 1. The molecule has 0 aliphatic carbocycles. The maximum atomic E-state index is 6.00. The molecule has 1 aromatic heterocycles. The van der Waals surface area contributed by atoms with Crippen molar-refractivity contribution in [3.05, 3.63) is 41.6 Å². The van der Waals surface area contributed by atoms with Gasteiger partial charge in [0.15, 0.2) is 0 Å². The molecule has 0 fully saturated rings. The summed E-state index contributed by atoms with van der Waals surface area (Å²) in [5.41, 5.74) is 2.23. The molecule has 2 rings (SSSR count). The minimum Gasteiger partial charge on any atom is -0.439 e. The molecule has 4 nitrogen and oxygen atoms in total. The molecular weight excluding hydrogens is 298 g/mol. The first-order valence-electron chi connectivity index (χ1n) is 7.54. The second kappa shape index (κ2) is 8.81. The molecule has 1 N–H and O–H groups in total. The predicted octanol–water partition coefficient (Wildman–Crippen LogP) is 4.17. The summed E-state index contributed by atoms with van der Waals surface area (Å²) >= 11 is 0. The van der Waals surface area contributed by atoms with Crippen LogP contribution in [0.3, 0.4) is 0 Å². The average molecular weight is 324 g/mol. The Morgan fingerprint density at radius 2 is 1.91 bits per heavy atom. The second-order valence-electron chi connectivity index (χ2n) is 5.83. The summed E-state index contributed by atoms with van der Waals surface area (Å²) in [6.45, 7) is 8.14. The van der Waals surface area contributed by atoms with Crippen LogP contribution in [-0.2, 0) is 13.1 Å². The summed E-state index contributed by atoms with van der Waals surface area (Å²) < 4.78 is 7.96. The number of ether oxygens (including phenoxy) is 1.